The summed E-state index contributed by atoms with van der Waals surface area (Å²) in [4.78, 5) is 34.4. The van der Waals surface area contributed by atoms with Crippen LogP contribution in [0.3, 0.4) is 0 Å². The Morgan fingerprint density at radius 3 is 1.71 bits per heavy atom. The lowest BCUT2D eigenvalue weighted by atomic mass is 10.0. The minimum Gasteiger partial charge on any atom is -0.462 e. The van der Waals surface area contributed by atoms with Crippen LogP contribution in [-0.4, -0.2) is 59.6 Å². The van der Waals surface area contributed by atoms with Crippen LogP contribution in [-0.2, 0) is 28.6 Å². The van der Waals surface area contributed by atoms with Gasteiger partial charge in [0.15, 0.2) is 6.10 Å². The first-order chi connectivity index (χ1) is 16.8. The van der Waals surface area contributed by atoms with Crippen LogP contribution in [0.2, 0.25) is 0 Å². The van der Waals surface area contributed by atoms with Gasteiger partial charge in [0.25, 0.3) is 0 Å². The number of carbonyl (C=O) groups excluding carboxylic acids is 3. The van der Waals surface area contributed by atoms with E-state index in [2.05, 4.69) is 6.92 Å². The number of esters is 3. The summed E-state index contributed by atoms with van der Waals surface area (Å²) in [5.74, 6) is -1.63. The van der Waals surface area contributed by atoms with Gasteiger partial charge in [-0.3, -0.25) is 14.4 Å². The molecule has 206 valence electrons. The third kappa shape index (κ3) is 22.5. The quantitative estimate of drug-likeness (QED) is 0.114. The van der Waals surface area contributed by atoms with Crippen molar-refractivity contribution in [3.05, 3.63) is 0 Å². The Kier molecular flexibility index (Phi) is 21.7. The SMILES string of the molecule is CCCCCCCCCCC[C@@H](O)CCCCC[C@H](CC(=O)O[C@@H](CO)COC(C)=O)OC(C)=O. The molecule has 0 unspecified atom stereocenters. The van der Waals surface area contributed by atoms with Gasteiger partial charge in [-0.2, -0.15) is 0 Å². The molecule has 0 bridgehead atoms. The monoisotopic (exact) mass is 502 g/mol. The van der Waals surface area contributed by atoms with Crippen LogP contribution in [0.1, 0.15) is 124 Å². The number of hydrogen-bond acceptors (Lipinski definition) is 8. The zero-order chi connectivity index (χ0) is 26.3. The van der Waals surface area contributed by atoms with E-state index >= 15 is 0 Å². The molecule has 0 saturated heterocycles. The zero-order valence-electron chi connectivity index (χ0n) is 22.3. The number of unbranched alkanes of at least 4 members (excludes halogenated alkanes) is 10. The normalized spacial score (nSPS) is 13.6. The zero-order valence-corrected chi connectivity index (χ0v) is 22.3. The van der Waals surface area contributed by atoms with Crippen LogP contribution in [0.15, 0.2) is 0 Å². The molecule has 0 rings (SSSR count). The van der Waals surface area contributed by atoms with Gasteiger partial charge in [-0.05, 0) is 25.7 Å². The number of rotatable bonds is 23. The van der Waals surface area contributed by atoms with Gasteiger partial charge in [0.05, 0.1) is 19.1 Å². The molecule has 0 aromatic heterocycles. The molecule has 8 nitrogen and oxygen atoms in total. The number of hydrogen-bond donors (Lipinski definition) is 2. The van der Waals surface area contributed by atoms with Crippen LogP contribution in [0.5, 0.6) is 0 Å². The fourth-order valence-corrected chi connectivity index (χ4v) is 3.96. The Labute approximate surface area is 212 Å². The van der Waals surface area contributed by atoms with Gasteiger partial charge in [0, 0.05) is 13.8 Å². The number of aliphatic hydroxyl groups excluding tert-OH is 2. The molecular weight excluding hydrogens is 452 g/mol. The third-order valence-electron chi connectivity index (χ3n) is 5.91. The van der Waals surface area contributed by atoms with Crippen LogP contribution in [0.4, 0.5) is 0 Å². The Bertz CT molecular complexity index is 551. The lowest BCUT2D eigenvalue weighted by Gasteiger charge is -2.19. The summed E-state index contributed by atoms with van der Waals surface area (Å²) in [7, 11) is 0. The third-order valence-corrected chi connectivity index (χ3v) is 5.91. The van der Waals surface area contributed by atoms with Crippen LogP contribution in [0, 0.1) is 0 Å². The molecule has 0 spiro atoms. The summed E-state index contributed by atoms with van der Waals surface area (Å²) >= 11 is 0. The van der Waals surface area contributed by atoms with Crippen molar-refractivity contribution in [1.82, 2.24) is 0 Å². The maximum absolute atomic E-state index is 12.2. The van der Waals surface area contributed by atoms with Crippen LogP contribution >= 0.6 is 0 Å². The van der Waals surface area contributed by atoms with Crippen molar-refractivity contribution in [3.8, 4) is 0 Å². The smallest absolute Gasteiger partial charge is 0.310 e. The van der Waals surface area contributed by atoms with Crippen molar-refractivity contribution >= 4 is 17.9 Å². The lowest BCUT2D eigenvalue weighted by molar-refractivity contribution is -0.164. The van der Waals surface area contributed by atoms with E-state index in [9.17, 15) is 24.6 Å². The van der Waals surface area contributed by atoms with Gasteiger partial charge >= 0.3 is 17.9 Å². The van der Waals surface area contributed by atoms with Crippen molar-refractivity contribution < 1.29 is 38.8 Å². The maximum Gasteiger partial charge on any atom is 0.310 e. The highest BCUT2D eigenvalue weighted by atomic mass is 16.6. The Balaban J connectivity index is 3.99. The van der Waals surface area contributed by atoms with Crippen molar-refractivity contribution in [1.29, 1.82) is 0 Å². The van der Waals surface area contributed by atoms with Crippen molar-refractivity contribution in [2.45, 2.75) is 142 Å². The molecule has 2 N–H and O–H groups in total. The largest absolute Gasteiger partial charge is 0.462 e. The Morgan fingerprint density at radius 1 is 0.686 bits per heavy atom. The highest BCUT2D eigenvalue weighted by Crippen LogP contribution is 2.16. The minimum atomic E-state index is -0.948. The second-order valence-corrected chi connectivity index (χ2v) is 9.44. The maximum atomic E-state index is 12.2. The average molecular weight is 503 g/mol. The van der Waals surface area contributed by atoms with Crippen molar-refractivity contribution in [2.24, 2.45) is 0 Å². The second kappa shape index (κ2) is 22.8. The van der Waals surface area contributed by atoms with Gasteiger partial charge in [0.1, 0.15) is 12.7 Å². The molecule has 0 aromatic rings. The van der Waals surface area contributed by atoms with Crippen LogP contribution in [0.25, 0.3) is 0 Å². The van der Waals surface area contributed by atoms with E-state index < -0.39 is 36.7 Å². The van der Waals surface area contributed by atoms with Gasteiger partial charge in [-0.1, -0.05) is 77.6 Å². The van der Waals surface area contributed by atoms with E-state index in [-0.39, 0.29) is 19.1 Å². The molecule has 0 amide bonds. The summed E-state index contributed by atoms with van der Waals surface area (Å²) in [5.41, 5.74) is 0. The molecule has 3 atom stereocenters. The Morgan fingerprint density at radius 2 is 1.20 bits per heavy atom. The second-order valence-electron chi connectivity index (χ2n) is 9.44. The fourth-order valence-electron chi connectivity index (χ4n) is 3.96. The number of ether oxygens (including phenoxy) is 3. The van der Waals surface area contributed by atoms with Crippen molar-refractivity contribution in [2.75, 3.05) is 13.2 Å². The summed E-state index contributed by atoms with van der Waals surface area (Å²) in [6, 6.07) is 0. The van der Waals surface area contributed by atoms with E-state index in [1.54, 1.807) is 0 Å². The molecule has 0 aliphatic rings. The van der Waals surface area contributed by atoms with Crippen molar-refractivity contribution in [3.63, 3.8) is 0 Å². The minimum absolute atomic E-state index is 0.128. The average Bonchev–Trinajstić information content (AvgIpc) is 2.79. The van der Waals surface area contributed by atoms with Gasteiger partial charge < -0.3 is 24.4 Å². The summed E-state index contributed by atoms with van der Waals surface area (Å²) in [6.07, 6.45) is 14.1. The summed E-state index contributed by atoms with van der Waals surface area (Å²) in [5, 5.41) is 19.5. The molecule has 0 aliphatic heterocycles. The first kappa shape index (κ1) is 33.3. The highest BCUT2D eigenvalue weighted by Gasteiger charge is 2.21. The first-order valence-electron chi connectivity index (χ1n) is 13.6. The van der Waals surface area contributed by atoms with Gasteiger partial charge in [-0.25, -0.2) is 0 Å². The molecule has 35 heavy (non-hydrogen) atoms. The van der Waals surface area contributed by atoms with Gasteiger partial charge in [0.2, 0.25) is 0 Å². The molecule has 0 heterocycles. The van der Waals surface area contributed by atoms with Crippen LogP contribution < -0.4 is 0 Å². The van der Waals surface area contributed by atoms with E-state index in [1.807, 2.05) is 0 Å². The molecule has 8 heteroatoms. The predicted octanol–water partition coefficient (Wildman–Crippen LogP) is 5.01. The Hall–Kier alpha value is -1.67. The molecule has 0 saturated carbocycles. The van der Waals surface area contributed by atoms with E-state index in [0.717, 1.165) is 38.5 Å². The molecule has 0 fully saturated rings. The molecule has 0 aromatic carbocycles. The molecular formula is C27H50O8. The summed E-state index contributed by atoms with van der Waals surface area (Å²) < 4.78 is 15.1. The topological polar surface area (TPSA) is 119 Å². The number of aliphatic hydroxyl groups is 2. The summed E-state index contributed by atoms with van der Waals surface area (Å²) in [6.45, 7) is 4.05. The number of carbonyl (C=O) groups is 3. The van der Waals surface area contributed by atoms with E-state index in [1.165, 1.54) is 65.2 Å². The standard InChI is InChI=1S/C27H50O8/c1-4-5-6-7-8-9-10-11-13-16-24(31)17-14-12-15-18-25(34-23(3)30)19-27(32)35-26(20-28)21-33-22(2)29/h24-26,28,31H,4-21H2,1-3H3/t24-,25-,26+/m1/s1. The fraction of sp³-hybridized carbons (Fsp3) is 0.889. The van der Waals surface area contributed by atoms with E-state index in [4.69, 9.17) is 14.2 Å². The van der Waals surface area contributed by atoms with Gasteiger partial charge in [-0.15, -0.1) is 0 Å². The molecule has 0 aliphatic carbocycles. The highest BCUT2D eigenvalue weighted by molar-refractivity contribution is 5.71. The molecule has 0 radical (unpaired) electrons. The van der Waals surface area contributed by atoms with E-state index in [0.29, 0.717) is 6.42 Å². The lowest BCUT2D eigenvalue weighted by Crippen LogP contribution is -2.30. The first-order valence-corrected chi connectivity index (χ1v) is 13.6. The predicted molar refractivity (Wildman–Crippen MR) is 135 cm³/mol.